The highest BCUT2D eigenvalue weighted by molar-refractivity contribution is 5.95. The number of hydrogen-bond donors (Lipinski definition) is 1. The molecule has 1 N–H and O–H groups in total. The third-order valence-electron chi connectivity index (χ3n) is 6.13. The third-order valence-corrected chi connectivity index (χ3v) is 6.13. The quantitative estimate of drug-likeness (QED) is 0.867. The number of likely N-dealkylation sites (tertiary alicyclic amines) is 1. The van der Waals surface area contributed by atoms with Gasteiger partial charge in [0.05, 0.1) is 17.1 Å². The molecule has 2 amide bonds. The standard InChI is InChI=1S/C22H25FN4O2/c1-14(28)26(3)19-8-9-27(13-19)21(29)16-10-15-11-22(2,25-20(15)24-12-16)17-4-6-18(23)7-5-17/h4-7,10,12,19H,8-9,11,13H2,1-3H3,(H,24,25)/t19-,22+/m0/s1. The minimum Gasteiger partial charge on any atom is -0.360 e. The Morgan fingerprint density at radius 1 is 1.31 bits per heavy atom. The van der Waals surface area contributed by atoms with Crippen LogP contribution in [0.25, 0.3) is 0 Å². The number of nitrogens with one attached hydrogen (secondary N) is 1. The molecule has 0 aliphatic carbocycles. The van der Waals surface area contributed by atoms with Gasteiger partial charge in [-0.05, 0) is 42.7 Å². The van der Waals surface area contributed by atoms with Crippen LogP contribution in [0.1, 0.15) is 41.8 Å². The zero-order chi connectivity index (χ0) is 20.8. The van der Waals surface area contributed by atoms with Crippen molar-refractivity contribution in [3.05, 3.63) is 59.0 Å². The normalized spacial score (nSPS) is 22.9. The van der Waals surface area contributed by atoms with E-state index in [0.717, 1.165) is 23.4 Å². The van der Waals surface area contributed by atoms with Gasteiger partial charge in [-0.3, -0.25) is 9.59 Å². The van der Waals surface area contributed by atoms with Gasteiger partial charge < -0.3 is 15.1 Å². The Kier molecular flexibility index (Phi) is 4.76. The fourth-order valence-electron chi connectivity index (χ4n) is 4.24. The number of anilines is 1. The maximum atomic E-state index is 13.3. The smallest absolute Gasteiger partial charge is 0.255 e. The molecule has 0 bridgehead atoms. The molecule has 0 unspecified atom stereocenters. The molecule has 4 rings (SSSR count). The average Bonchev–Trinajstić information content (AvgIpc) is 3.31. The van der Waals surface area contributed by atoms with Crippen LogP contribution in [0.5, 0.6) is 0 Å². The van der Waals surface area contributed by atoms with Crippen LogP contribution < -0.4 is 5.32 Å². The van der Waals surface area contributed by atoms with Crippen LogP contribution in [-0.4, -0.2) is 52.8 Å². The molecular weight excluding hydrogens is 371 g/mol. The summed E-state index contributed by atoms with van der Waals surface area (Å²) in [7, 11) is 1.78. The molecule has 2 atom stereocenters. The molecule has 6 nitrogen and oxygen atoms in total. The van der Waals surface area contributed by atoms with Crippen LogP contribution in [0.4, 0.5) is 10.2 Å². The first-order valence-corrected chi connectivity index (χ1v) is 9.83. The van der Waals surface area contributed by atoms with Gasteiger partial charge in [-0.2, -0.15) is 0 Å². The SMILES string of the molecule is CC(=O)N(C)[C@H]1CCN(C(=O)c2cnc3c(c2)C[C@](C)(c2ccc(F)cc2)N3)C1. The number of aromatic nitrogens is 1. The zero-order valence-corrected chi connectivity index (χ0v) is 16.9. The van der Waals surface area contributed by atoms with E-state index >= 15 is 0 Å². The summed E-state index contributed by atoms with van der Waals surface area (Å²) in [6.45, 7) is 4.76. The minimum absolute atomic E-state index is 0.00893. The van der Waals surface area contributed by atoms with Gasteiger partial charge in [0.15, 0.2) is 0 Å². The van der Waals surface area contributed by atoms with E-state index in [-0.39, 0.29) is 23.7 Å². The number of likely N-dealkylation sites (N-methyl/N-ethyl adjacent to an activating group) is 1. The third kappa shape index (κ3) is 3.57. The second-order valence-electron chi connectivity index (χ2n) is 8.20. The summed E-state index contributed by atoms with van der Waals surface area (Å²) in [6.07, 6.45) is 3.05. The lowest BCUT2D eigenvalue weighted by molar-refractivity contribution is -0.129. The topological polar surface area (TPSA) is 65.5 Å². The van der Waals surface area contributed by atoms with Gasteiger partial charge in [0, 0.05) is 39.7 Å². The molecule has 0 spiro atoms. The number of carbonyl (C=O) groups is 2. The Morgan fingerprint density at radius 2 is 2.03 bits per heavy atom. The zero-order valence-electron chi connectivity index (χ0n) is 16.9. The second kappa shape index (κ2) is 7.13. The molecule has 29 heavy (non-hydrogen) atoms. The molecule has 3 heterocycles. The van der Waals surface area contributed by atoms with Crippen molar-refractivity contribution in [3.8, 4) is 0 Å². The summed E-state index contributed by atoms with van der Waals surface area (Å²) in [6, 6.07) is 8.41. The number of carbonyl (C=O) groups excluding carboxylic acids is 2. The van der Waals surface area contributed by atoms with E-state index in [4.69, 9.17) is 0 Å². The summed E-state index contributed by atoms with van der Waals surface area (Å²) in [4.78, 5) is 32.5. The highest BCUT2D eigenvalue weighted by Crippen LogP contribution is 2.38. The number of fused-ring (bicyclic) bond motifs is 1. The largest absolute Gasteiger partial charge is 0.360 e. The van der Waals surface area contributed by atoms with Gasteiger partial charge in [0.25, 0.3) is 5.91 Å². The molecule has 2 aliphatic heterocycles. The maximum absolute atomic E-state index is 13.3. The Balaban J connectivity index is 1.50. The molecule has 1 fully saturated rings. The van der Waals surface area contributed by atoms with Crippen molar-refractivity contribution in [3.63, 3.8) is 0 Å². The van der Waals surface area contributed by atoms with Crippen molar-refractivity contribution in [1.29, 1.82) is 0 Å². The lowest BCUT2D eigenvalue weighted by Gasteiger charge is -2.25. The van der Waals surface area contributed by atoms with Gasteiger partial charge in [0.1, 0.15) is 11.6 Å². The van der Waals surface area contributed by atoms with E-state index in [2.05, 4.69) is 10.3 Å². The first-order chi connectivity index (χ1) is 13.8. The summed E-state index contributed by atoms with van der Waals surface area (Å²) in [5, 5.41) is 3.41. The summed E-state index contributed by atoms with van der Waals surface area (Å²) >= 11 is 0. The lowest BCUT2D eigenvalue weighted by atomic mass is 9.89. The molecule has 0 saturated carbocycles. The van der Waals surface area contributed by atoms with E-state index in [1.807, 2.05) is 13.0 Å². The molecule has 2 aliphatic rings. The number of hydrogen-bond acceptors (Lipinski definition) is 4. The van der Waals surface area contributed by atoms with E-state index in [9.17, 15) is 14.0 Å². The van der Waals surface area contributed by atoms with Crippen molar-refractivity contribution in [2.75, 3.05) is 25.5 Å². The number of benzene rings is 1. The van der Waals surface area contributed by atoms with E-state index in [1.54, 1.807) is 42.1 Å². The number of rotatable bonds is 3. The van der Waals surface area contributed by atoms with Gasteiger partial charge in [-0.25, -0.2) is 9.37 Å². The Hall–Kier alpha value is -2.96. The van der Waals surface area contributed by atoms with E-state index < -0.39 is 5.54 Å². The van der Waals surface area contributed by atoms with Crippen molar-refractivity contribution in [2.45, 2.75) is 38.3 Å². The fraction of sp³-hybridized carbons (Fsp3) is 0.409. The van der Waals surface area contributed by atoms with E-state index in [1.165, 1.54) is 12.1 Å². The van der Waals surface area contributed by atoms with Crippen molar-refractivity contribution in [2.24, 2.45) is 0 Å². The van der Waals surface area contributed by atoms with Gasteiger partial charge in [-0.15, -0.1) is 0 Å². The molecule has 152 valence electrons. The summed E-state index contributed by atoms with van der Waals surface area (Å²) < 4.78 is 13.3. The first-order valence-electron chi connectivity index (χ1n) is 9.83. The van der Waals surface area contributed by atoms with Gasteiger partial charge in [0.2, 0.25) is 5.91 Å². The van der Waals surface area contributed by atoms with Crippen LogP contribution >= 0.6 is 0 Å². The molecule has 0 radical (unpaired) electrons. The molecule has 1 aromatic heterocycles. The number of amides is 2. The fourth-order valence-corrected chi connectivity index (χ4v) is 4.24. The highest BCUT2D eigenvalue weighted by Gasteiger charge is 2.36. The van der Waals surface area contributed by atoms with E-state index in [0.29, 0.717) is 25.1 Å². The highest BCUT2D eigenvalue weighted by atomic mass is 19.1. The number of halogens is 1. The van der Waals surface area contributed by atoms with Gasteiger partial charge >= 0.3 is 0 Å². The van der Waals surface area contributed by atoms with Crippen LogP contribution in [0.15, 0.2) is 36.5 Å². The molecule has 1 aromatic carbocycles. The first kappa shape index (κ1) is 19.4. The minimum atomic E-state index is -0.395. The predicted molar refractivity (Wildman–Crippen MR) is 108 cm³/mol. The van der Waals surface area contributed by atoms with Crippen LogP contribution in [0.3, 0.4) is 0 Å². The number of pyridine rings is 1. The molecule has 2 aromatic rings. The maximum Gasteiger partial charge on any atom is 0.255 e. The average molecular weight is 396 g/mol. The lowest BCUT2D eigenvalue weighted by Crippen LogP contribution is -2.38. The van der Waals surface area contributed by atoms with Crippen LogP contribution in [0.2, 0.25) is 0 Å². The summed E-state index contributed by atoms with van der Waals surface area (Å²) in [5.74, 6) is 0.437. The Labute approximate surface area is 169 Å². The monoisotopic (exact) mass is 396 g/mol. The number of nitrogens with zero attached hydrogens (tertiary/aromatic N) is 3. The van der Waals surface area contributed by atoms with Crippen molar-refractivity contribution >= 4 is 17.6 Å². The molecule has 7 heteroatoms. The molecule has 1 saturated heterocycles. The van der Waals surface area contributed by atoms with Gasteiger partial charge in [-0.1, -0.05) is 12.1 Å². The summed E-state index contributed by atoms with van der Waals surface area (Å²) in [5.41, 5.74) is 2.10. The second-order valence-corrected chi connectivity index (χ2v) is 8.20. The van der Waals surface area contributed by atoms with Crippen molar-refractivity contribution < 1.29 is 14.0 Å². The Bertz CT molecular complexity index is 962. The Morgan fingerprint density at radius 3 is 2.72 bits per heavy atom. The van der Waals surface area contributed by atoms with Crippen LogP contribution in [-0.2, 0) is 16.8 Å². The molecular formula is C22H25FN4O2. The van der Waals surface area contributed by atoms with Crippen LogP contribution in [0, 0.1) is 5.82 Å². The predicted octanol–water partition coefficient (Wildman–Crippen LogP) is 2.80. The van der Waals surface area contributed by atoms with Crippen molar-refractivity contribution in [1.82, 2.24) is 14.8 Å².